The number of aliphatic hydroxyl groups is 1. The molecule has 0 aromatic heterocycles. The van der Waals surface area contributed by atoms with Gasteiger partial charge in [-0.1, -0.05) is 57.0 Å². The van der Waals surface area contributed by atoms with Crippen molar-refractivity contribution in [1.29, 1.82) is 0 Å². The topological polar surface area (TPSA) is 75.6 Å². The maximum atomic E-state index is 13.1. The number of benzene rings is 2. The third-order valence-corrected chi connectivity index (χ3v) is 5.04. The lowest BCUT2D eigenvalue weighted by atomic mass is 9.75. The first-order chi connectivity index (χ1) is 13.7. The molecule has 0 fully saturated rings. The van der Waals surface area contributed by atoms with Gasteiger partial charge in [0.1, 0.15) is 6.61 Å². The lowest BCUT2D eigenvalue weighted by Gasteiger charge is -2.32. The van der Waals surface area contributed by atoms with Crippen LogP contribution in [0.4, 0.5) is 5.69 Å². The molecule has 0 bridgehead atoms. The molecular weight excluding hydrogens is 366 g/mol. The quantitative estimate of drug-likeness (QED) is 0.600. The van der Waals surface area contributed by atoms with Crippen LogP contribution in [-0.2, 0) is 21.6 Å². The molecule has 1 aliphatic heterocycles. The summed E-state index contributed by atoms with van der Waals surface area (Å²) in [5.74, 6) is 4.66. The molecule has 2 aromatic carbocycles. The van der Waals surface area contributed by atoms with Gasteiger partial charge in [0.15, 0.2) is 0 Å². The highest BCUT2D eigenvalue weighted by Crippen LogP contribution is 2.33. The number of carbonyl (C=O) groups is 2. The second-order valence-corrected chi connectivity index (χ2v) is 7.84. The Morgan fingerprint density at radius 2 is 1.93 bits per heavy atom. The molecule has 2 aromatic rings. The van der Waals surface area contributed by atoms with Crippen molar-refractivity contribution < 1.29 is 19.4 Å². The SMILES string of the molecule is CCC#CC(O)(CC(C)(C)c1ccccc1)C(=O)Nc1ccc2c(c1)COC2=O. The van der Waals surface area contributed by atoms with Gasteiger partial charge in [0.05, 0.1) is 5.56 Å². The van der Waals surface area contributed by atoms with E-state index in [1.54, 1.807) is 18.2 Å². The van der Waals surface area contributed by atoms with Crippen molar-refractivity contribution in [3.8, 4) is 11.8 Å². The Balaban J connectivity index is 1.86. The van der Waals surface area contributed by atoms with Crippen LogP contribution in [0.1, 0.15) is 55.1 Å². The summed E-state index contributed by atoms with van der Waals surface area (Å²) in [4.78, 5) is 24.7. The summed E-state index contributed by atoms with van der Waals surface area (Å²) in [5, 5.41) is 14.0. The molecule has 5 heteroatoms. The number of cyclic esters (lactones) is 1. The molecule has 0 radical (unpaired) electrons. The van der Waals surface area contributed by atoms with E-state index in [9.17, 15) is 14.7 Å². The van der Waals surface area contributed by atoms with Crippen LogP contribution < -0.4 is 5.32 Å². The molecule has 0 saturated carbocycles. The second-order valence-electron chi connectivity index (χ2n) is 7.84. The fourth-order valence-electron chi connectivity index (χ4n) is 3.49. The van der Waals surface area contributed by atoms with Crippen LogP contribution in [-0.4, -0.2) is 22.6 Å². The van der Waals surface area contributed by atoms with E-state index < -0.39 is 16.9 Å². The fourth-order valence-corrected chi connectivity index (χ4v) is 3.49. The Hall–Kier alpha value is -3.10. The van der Waals surface area contributed by atoms with Crippen LogP contribution in [0.5, 0.6) is 0 Å². The van der Waals surface area contributed by atoms with Gasteiger partial charge in [-0.3, -0.25) is 4.79 Å². The predicted molar refractivity (Wildman–Crippen MR) is 111 cm³/mol. The van der Waals surface area contributed by atoms with Crippen LogP contribution in [0, 0.1) is 11.8 Å². The van der Waals surface area contributed by atoms with Crippen LogP contribution in [0.3, 0.4) is 0 Å². The molecule has 150 valence electrons. The maximum absolute atomic E-state index is 13.1. The van der Waals surface area contributed by atoms with Gasteiger partial charge >= 0.3 is 5.97 Å². The second kappa shape index (κ2) is 8.10. The van der Waals surface area contributed by atoms with Gasteiger partial charge in [-0.05, 0) is 29.2 Å². The molecule has 3 rings (SSSR count). The van der Waals surface area contributed by atoms with Gasteiger partial charge in [0, 0.05) is 24.1 Å². The van der Waals surface area contributed by atoms with Crippen molar-refractivity contribution in [2.75, 3.05) is 5.32 Å². The summed E-state index contributed by atoms with van der Waals surface area (Å²) >= 11 is 0. The van der Waals surface area contributed by atoms with Gasteiger partial charge in [-0.25, -0.2) is 4.79 Å². The summed E-state index contributed by atoms with van der Waals surface area (Å²) in [6, 6.07) is 14.7. The number of esters is 1. The molecule has 1 atom stereocenters. The fraction of sp³-hybridized carbons (Fsp3) is 0.333. The highest BCUT2D eigenvalue weighted by molar-refractivity contribution is 6.00. The van der Waals surface area contributed by atoms with Crippen molar-refractivity contribution in [3.63, 3.8) is 0 Å². The Labute approximate surface area is 171 Å². The van der Waals surface area contributed by atoms with Gasteiger partial charge < -0.3 is 15.2 Å². The summed E-state index contributed by atoms with van der Waals surface area (Å²) in [6.07, 6.45) is 0.662. The van der Waals surface area contributed by atoms with E-state index in [2.05, 4.69) is 17.2 Å². The number of nitrogens with one attached hydrogen (secondary N) is 1. The molecule has 1 amide bonds. The minimum absolute atomic E-state index is 0.134. The van der Waals surface area contributed by atoms with E-state index in [4.69, 9.17) is 4.74 Å². The predicted octanol–water partition coefficient (Wildman–Crippen LogP) is 3.81. The van der Waals surface area contributed by atoms with E-state index in [1.165, 1.54) is 0 Å². The standard InChI is InChI=1S/C24H25NO4/c1-4-5-13-24(28,16-23(2,3)18-9-7-6-8-10-18)22(27)25-19-11-12-20-17(14-19)15-29-21(20)26/h6-12,14,28H,4,15-16H2,1-3H3,(H,25,27). The van der Waals surface area contributed by atoms with Crippen molar-refractivity contribution in [3.05, 3.63) is 65.2 Å². The molecule has 29 heavy (non-hydrogen) atoms. The molecule has 0 saturated heterocycles. The van der Waals surface area contributed by atoms with Crippen LogP contribution in [0.15, 0.2) is 48.5 Å². The number of rotatable bonds is 5. The highest BCUT2D eigenvalue weighted by atomic mass is 16.5. The zero-order valence-electron chi connectivity index (χ0n) is 16.9. The first kappa shape index (κ1) is 20.6. The minimum atomic E-state index is -1.86. The number of hydrogen-bond donors (Lipinski definition) is 2. The maximum Gasteiger partial charge on any atom is 0.338 e. The number of anilines is 1. The first-order valence-corrected chi connectivity index (χ1v) is 9.64. The minimum Gasteiger partial charge on any atom is -0.457 e. The molecule has 1 aliphatic rings. The Kier molecular flexibility index (Phi) is 5.76. The van der Waals surface area contributed by atoms with Gasteiger partial charge in [0.2, 0.25) is 5.60 Å². The summed E-state index contributed by atoms with van der Waals surface area (Å²) in [5.41, 5.74) is 0.364. The molecule has 5 nitrogen and oxygen atoms in total. The van der Waals surface area contributed by atoms with Gasteiger partial charge in [-0.15, -0.1) is 5.92 Å². The molecule has 1 heterocycles. The lowest BCUT2D eigenvalue weighted by Crippen LogP contribution is -2.46. The zero-order chi connectivity index (χ0) is 21.1. The normalized spacial score (nSPS) is 14.8. The van der Waals surface area contributed by atoms with E-state index in [0.717, 1.165) is 5.56 Å². The molecule has 1 unspecified atom stereocenters. The largest absolute Gasteiger partial charge is 0.457 e. The lowest BCUT2D eigenvalue weighted by molar-refractivity contribution is -0.130. The van der Waals surface area contributed by atoms with Gasteiger partial charge in [0.25, 0.3) is 5.91 Å². The molecular formula is C24H25NO4. The number of hydrogen-bond acceptors (Lipinski definition) is 4. The van der Waals surface area contributed by atoms with E-state index in [0.29, 0.717) is 23.2 Å². The summed E-state index contributed by atoms with van der Waals surface area (Å²) < 4.78 is 5.00. The van der Waals surface area contributed by atoms with E-state index in [-0.39, 0.29) is 19.0 Å². The van der Waals surface area contributed by atoms with Crippen LogP contribution in [0.25, 0.3) is 0 Å². The zero-order valence-corrected chi connectivity index (χ0v) is 16.9. The van der Waals surface area contributed by atoms with Crippen molar-refractivity contribution in [2.24, 2.45) is 0 Å². The number of carbonyl (C=O) groups excluding carboxylic acids is 2. The number of fused-ring (bicyclic) bond motifs is 1. The smallest absolute Gasteiger partial charge is 0.338 e. The van der Waals surface area contributed by atoms with Gasteiger partial charge in [-0.2, -0.15) is 0 Å². The van der Waals surface area contributed by atoms with Crippen molar-refractivity contribution >= 4 is 17.6 Å². The summed E-state index contributed by atoms with van der Waals surface area (Å²) in [6.45, 7) is 6.00. The third kappa shape index (κ3) is 4.49. The van der Waals surface area contributed by atoms with Crippen LogP contribution >= 0.6 is 0 Å². The number of amides is 1. The number of ether oxygens (including phenoxy) is 1. The Morgan fingerprint density at radius 3 is 2.62 bits per heavy atom. The van der Waals surface area contributed by atoms with Crippen molar-refractivity contribution in [2.45, 2.75) is 51.2 Å². The molecule has 0 aliphatic carbocycles. The first-order valence-electron chi connectivity index (χ1n) is 9.64. The highest BCUT2D eigenvalue weighted by Gasteiger charge is 2.41. The molecule has 0 spiro atoms. The monoisotopic (exact) mass is 391 g/mol. The molecule has 2 N–H and O–H groups in total. The Morgan fingerprint density at radius 1 is 1.21 bits per heavy atom. The Bertz CT molecular complexity index is 985. The average Bonchev–Trinajstić information content (AvgIpc) is 3.07. The van der Waals surface area contributed by atoms with Crippen molar-refractivity contribution in [1.82, 2.24) is 0 Å². The summed E-state index contributed by atoms with van der Waals surface area (Å²) in [7, 11) is 0. The van der Waals surface area contributed by atoms with E-state index in [1.807, 2.05) is 51.1 Å². The van der Waals surface area contributed by atoms with E-state index >= 15 is 0 Å². The van der Waals surface area contributed by atoms with Crippen LogP contribution in [0.2, 0.25) is 0 Å². The third-order valence-electron chi connectivity index (χ3n) is 5.04. The average molecular weight is 391 g/mol.